The van der Waals surface area contributed by atoms with Gasteiger partial charge in [0.25, 0.3) is 0 Å². The van der Waals surface area contributed by atoms with E-state index in [4.69, 9.17) is 16.3 Å². The summed E-state index contributed by atoms with van der Waals surface area (Å²) in [6.45, 7) is 1.42. The fraction of sp³-hybridized carbons (Fsp3) is 0.652. The maximum absolute atomic E-state index is 13.1. The number of carbonyl (C=O) groups is 2. The van der Waals surface area contributed by atoms with Crippen molar-refractivity contribution < 1.29 is 14.3 Å². The van der Waals surface area contributed by atoms with Crippen LogP contribution in [0, 0.1) is 5.92 Å². The van der Waals surface area contributed by atoms with E-state index >= 15 is 0 Å². The molecule has 1 aromatic rings. The summed E-state index contributed by atoms with van der Waals surface area (Å²) in [5.74, 6) is 0.327. The summed E-state index contributed by atoms with van der Waals surface area (Å²) >= 11 is 6.30. The Hall–Kier alpha value is -1.79. The predicted octanol–water partition coefficient (Wildman–Crippen LogP) is 4.82. The van der Waals surface area contributed by atoms with Crippen molar-refractivity contribution in [2.24, 2.45) is 5.92 Å². The zero-order valence-electron chi connectivity index (χ0n) is 17.9. The van der Waals surface area contributed by atoms with Gasteiger partial charge in [-0.1, -0.05) is 30.9 Å². The van der Waals surface area contributed by atoms with Crippen LogP contribution in [0.5, 0.6) is 5.75 Å². The zero-order chi connectivity index (χ0) is 21.3. The molecule has 164 valence electrons. The third-order valence-corrected chi connectivity index (χ3v) is 7.33. The number of methoxy groups -OCH3 is 1. The minimum Gasteiger partial charge on any atom is -0.494 e. The average Bonchev–Trinajstić information content (AvgIpc) is 2.99. The minimum atomic E-state index is -0.212. The number of amides is 2. The second-order valence-electron chi connectivity index (χ2n) is 9.00. The molecule has 1 aliphatic carbocycles. The molecule has 2 atom stereocenters. The Balaban J connectivity index is 1.44. The predicted molar refractivity (Wildman–Crippen MR) is 119 cm³/mol. The SMILES string of the molecule is COc1cc(NC(C)=O)c(Cl)cc1NC(=O)C1CC2CCC(C1)N2C1CCCCC1. The minimum absolute atomic E-state index is 0.0147. The Morgan fingerprint density at radius 1 is 0.967 bits per heavy atom. The van der Waals surface area contributed by atoms with Crippen molar-refractivity contribution in [3.05, 3.63) is 17.2 Å². The topological polar surface area (TPSA) is 70.7 Å². The van der Waals surface area contributed by atoms with Crippen molar-refractivity contribution in [3.8, 4) is 5.75 Å². The molecule has 2 bridgehead atoms. The van der Waals surface area contributed by atoms with Crippen molar-refractivity contribution in [1.82, 2.24) is 4.90 Å². The van der Waals surface area contributed by atoms with Crippen LogP contribution in [0.4, 0.5) is 11.4 Å². The van der Waals surface area contributed by atoms with Crippen LogP contribution in [0.2, 0.25) is 5.02 Å². The van der Waals surface area contributed by atoms with Crippen molar-refractivity contribution in [2.45, 2.75) is 82.8 Å². The summed E-state index contributed by atoms with van der Waals surface area (Å²) in [5, 5.41) is 6.08. The van der Waals surface area contributed by atoms with E-state index in [1.54, 1.807) is 19.2 Å². The van der Waals surface area contributed by atoms with Gasteiger partial charge < -0.3 is 15.4 Å². The van der Waals surface area contributed by atoms with Crippen molar-refractivity contribution >= 4 is 34.8 Å². The number of piperidine rings is 1. The molecule has 7 heteroatoms. The maximum atomic E-state index is 13.1. The number of nitrogens with one attached hydrogen (secondary N) is 2. The van der Waals surface area contributed by atoms with Crippen LogP contribution in [0.15, 0.2) is 12.1 Å². The lowest BCUT2D eigenvalue weighted by Crippen LogP contribution is -2.51. The molecule has 1 saturated carbocycles. The number of halogens is 1. The van der Waals surface area contributed by atoms with Gasteiger partial charge in [-0.05, 0) is 44.6 Å². The van der Waals surface area contributed by atoms with Crippen LogP contribution < -0.4 is 15.4 Å². The van der Waals surface area contributed by atoms with Crippen LogP contribution in [-0.2, 0) is 9.59 Å². The number of hydrogen-bond acceptors (Lipinski definition) is 4. The highest BCUT2D eigenvalue weighted by molar-refractivity contribution is 6.34. The van der Waals surface area contributed by atoms with Crippen LogP contribution in [-0.4, -0.2) is 41.9 Å². The number of benzene rings is 1. The van der Waals surface area contributed by atoms with Gasteiger partial charge in [0.15, 0.2) is 0 Å². The molecule has 0 aromatic heterocycles. The lowest BCUT2D eigenvalue weighted by Gasteiger charge is -2.44. The van der Waals surface area contributed by atoms with Gasteiger partial charge in [-0.3, -0.25) is 14.5 Å². The molecular weight excluding hydrogens is 402 g/mol. The third-order valence-electron chi connectivity index (χ3n) is 7.01. The number of ether oxygens (including phenoxy) is 1. The van der Waals surface area contributed by atoms with E-state index < -0.39 is 0 Å². The van der Waals surface area contributed by atoms with Gasteiger partial charge in [0, 0.05) is 37.0 Å². The first kappa shape index (κ1) is 21.4. The van der Waals surface area contributed by atoms with Crippen LogP contribution in [0.1, 0.15) is 64.7 Å². The van der Waals surface area contributed by atoms with Gasteiger partial charge >= 0.3 is 0 Å². The summed E-state index contributed by atoms with van der Waals surface area (Å²) in [7, 11) is 1.54. The van der Waals surface area contributed by atoms with Gasteiger partial charge in [0.2, 0.25) is 11.8 Å². The molecule has 2 aliphatic heterocycles. The van der Waals surface area contributed by atoms with E-state index in [2.05, 4.69) is 15.5 Å². The second-order valence-corrected chi connectivity index (χ2v) is 9.40. The maximum Gasteiger partial charge on any atom is 0.227 e. The highest BCUT2D eigenvalue weighted by Gasteiger charge is 2.45. The first-order chi connectivity index (χ1) is 14.5. The van der Waals surface area contributed by atoms with E-state index in [9.17, 15) is 9.59 Å². The molecule has 30 heavy (non-hydrogen) atoms. The Morgan fingerprint density at radius 3 is 2.23 bits per heavy atom. The van der Waals surface area contributed by atoms with Crippen LogP contribution >= 0.6 is 11.6 Å². The van der Waals surface area contributed by atoms with Crippen LogP contribution in [0.3, 0.4) is 0 Å². The number of fused-ring (bicyclic) bond motifs is 2. The lowest BCUT2D eigenvalue weighted by atomic mass is 9.85. The Bertz CT molecular complexity index is 795. The number of nitrogens with zero attached hydrogens (tertiary/aromatic N) is 1. The van der Waals surface area contributed by atoms with Gasteiger partial charge in [0.05, 0.1) is 23.5 Å². The largest absolute Gasteiger partial charge is 0.494 e. The molecule has 1 aromatic carbocycles. The van der Waals surface area contributed by atoms with Crippen LogP contribution in [0.25, 0.3) is 0 Å². The third kappa shape index (κ3) is 4.45. The highest BCUT2D eigenvalue weighted by Crippen LogP contribution is 2.43. The van der Waals surface area contributed by atoms with E-state index in [-0.39, 0.29) is 17.7 Å². The lowest BCUT2D eigenvalue weighted by molar-refractivity contribution is -0.122. The summed E-state index contributed by atoms with van der Waals surface area (Å²) in [5.41, 5.74) is 1.02. The number of rotatable bonds is 5. The smallest absolute Gasteiger partial charge is 0.227 e. The van der Waals surface area contributed by atoms with E-state index in [1.807, 2.05) is 0 Å². The van der Waals surface area contributed by atoms with E-state index in [0.29, 0.717) is 34.2 Å². The van der Waals surface area contributed by atoms with Crippen molar-refractivity contribution in [3.63, 3.8) is 0 Å². The first-order valence-electron chi connectivity index (χ1n) is 11.2. The highest BCUT2D eigenvalue weighted by atomic mass is 35.5. The van der Waals surface area contributed by atoms with Crippen molar-refractivity contribution in [2.75, 3.05) is 17.7 Å². The molecule has 6 nitrogen and oxygen atoms in total. The molecule has 2 saturated heterocycles. The standard InChI is InChI=1S/C23H32ClN3O3/c1-14(28)25-20-13-22(30-2)21(12-19(20)24)26-23(29)15-10-17-8-9-18(11-15)27(17)16-6-4-3-5-7-16/h12-13,15-18H,3-11H2,1-2H3,(H,25,28)(H,26,29). The molecule has 0 spiro atoms. The second kappa shape index (κ2) is 9.15. The Kier molecular flexibility index (Phi) is 6.54. The fourth-order valence-electron chi connectivity index (χ4n) is 5.74. The Labute approximate surface area is 183 Å². The summed E-state index contributed by atoms with van der Waals surface area (Å²) < 4.78 is 5.43. The summed E-state index contributed by atoms with van der Waals surface area (Å²) in [6.07, 6.45) is 11.0. The van der Waals surface area contributed by atoms with Gasteiger partial charge in [-0.25, -0.2) is 0 Å². The zero-order valence-corrected chi connectivity index (χ0v) is 18.6. The molecule has 4 rings (SSSR count). The number of hydrogen-bond donors (Lipinski definition) is 2. The summed E-state index contributed by atoms with van der Waals surface area (Å²) in [4.78, 5) is 27.2. The Morgan fingerprint density at radius 2 is 1.63 bits per heavy atom. The molecule has 2 N–H and O–H groups in total. The summed E-state index contributed by atoms with van der Waals surface area (Å²) in [6, 6.07) is 5.09. The van der Waals surface area contributed by atoms with Gasteiger partial charge in [-0.2, -0.15) is 0 Å². The molecule has 0 radical (unpaired) electrons. The van der Waals surface area contributed by atoms with Gasteiger partial charge in [-0.15, -0.1) is 0 Å². The number of carbonyl (C=O) groups excluding carboxylic acids is 2. The van der Waals surface area contributed by atoms with E-state index in [1.165, 1.54) is 51.9 Å². The molecule has 2 unspecified atom stereocenters. The first-order valence-corrected chi connectivity index (χ1v) is 11.6. The fourth-order valence-corrected chi connectivity index (χ4v) is 5.95. The van der Waals surface area contributed by atoms with Gasteiger partial charge in [0.1, 0.15) is 5.75 Å². The molecule has 3 fully saturated rings. The molecule has 3 aliphatic rings. The molecule has 2 heterocycles. The normalized spacial score (nSPS) is 27.0. The molecular formula is C23H32ClN3O3. The number of anilines is 2. The van der Waals surface area contributed by atoms with Crippen molar-refractivity contribution in [1.29, 1.82) is 0 Å². The molecule has 2 amide bonds. The average molecular weight is 434 g/mol. The monoisotopic (exact) mass is 433 g/mol. The quantitative estimate of drug-likeness (QED) is 0.698. The van der Waals surface area contributed by atoms with E-state index in [0.717, 1.165) is 18.9 Å².